The third-order valence-corrected chi connectivity index (χ3v) is 6.98. The normalized spacial score (nSPS) is 22.6. The summed E-state index contributed by atoms with van der Waals surface area (Å²) in [6, 6.07) is 11.4. The molecule has 2 saturated heterocycles. The van der Waals surface area contributed by atoms with Gasteiger partial charge in [0, 0.05) is 44.5 Å². The molecule has 2 aromatic heterocycles. The molecular formula is C26H29N7O4. The number of amides is 2. The quantitative estimate of drug-likeness (QED) is 0.570. The Morgan fingerprint density at radius 1 is 1.08 bits per heavy atom. The van der Waals surface area contributed by atoms with E-state index in [2.05, 4.69) is 37.6 Å². The molecule has 0 radical (unpaired) electrons. The lowest BCUT2D eigenvalue weighted by Gasteiger charge is -2.20. The van der Waals surface area contributed by atoms with Gasteiger partial charge in [0.25, 0.3) is 5.91 Å². The maximum absolute atomic E-state index is 13.2. The Bertz CT molecular complexity index is 1280. The molecule has 2 fully saturated rings. The number of nitrogens with one attached hydrogen (secondary N) is 1. The first kappa shape index (κ1) is 23.6. The third kappa shape index (κ3) is 5.18. The van der Waals surface area contributed by atoms with E-state index in [4.69, 9.17) is 9.47 Å². The van der Waals surface area contributed by atoms with Crippen LogP contribution in [0.15, 0.2) is 48.8 Å². The van der Waals surface area contributed by atoms with Gasteiger partial charge in [-0.1, -0.05) is 17.3 Å². The van der Waals surface area contributed by atoms with Gasteiger partial charge in [0.15, 0.2) is 11.4 Å². The fourth-order valence-corrected chi connectivity index (χ4v) is 5.12. The van der Waals surface area contributed by atoms with Crippen LogP contribution in [-0.4, -0.2) is 75.1 Å². The van der Waals surface area contributed by atoms with E-state index in [1.807, 2.05) is 23.2 Å². The highest BCUT2D eigenvalue weighted by atomic mass is 16.5. The van der Waals surface area contributed by atoms with Crippen LogP contribution in [0.4, 0.5) is 5.69 Å². The summed E-state index contributed by atoms with van der Waals surface area (Å²) in [7, 11) is 0. The fourth-order valence-electron chi connectivity index (χ4n) is 5.12. The monoisotopic (exact) mass is 503 g/mol. The van der Waals surface area contributed by atoms with E-state index in [-0.39, 0.29) is 29.7 Å². The minimum atomic E-state index is -0.287. The largest absolute Gasteiger partial charge is 0.489 e. The van der Waals surface area contributed by atoms with Gasteiger partial charge in [-0.2, -0.15) is 0 Å². The number of anilines is 1. The Morgan fingerprint density at radius 3 is 2.81 bits per heavy atom. The molecule has 11 heteroatoms. The molecule has 2 bridgehead atoms. The maximum Gasteiger partial charge on any atom is 0.274 e. The molecule has 2 amide bonds. The number of fused-ring (bicyclic) bond motifs is 4. The minimum Gasteiger partial charge on any atom is -0.489 e. The van der Waals surface area contributed by atoms with E-state index in [0.29, 0.717) is 51.6 Å². The molecule has 3 aliphatic heterocycles. The second-order valence-electron chi connectivity index (χ2n) is 9.61. The molecule has 0 saturated carbocycles. The molecule has 0 unspecified atom stereocenters. The van der Waals surface area contributed by atoms with Gasteiger partial charge in [-0.25, -0.2) is 9.67 Å². The minimum absolute atomic E-state index is 0.183. The predicted molar refractivity (Wildman–Crippen MR) is 133 cm³/mol. The lowest BCUT2D eigenvalue weighted by molar-refractivity contribution is -0.117. The summed E-state index contributed by atoms with van der Waals surface area (Å²) in [5.74, 6) is 0.327. The topological polar surface area (TPSA) is 115 Å². The summed E-state index contributed by atoms with van der Waals surface area (Å²) in [6.07, 6.45) is 4.74. The molecule has 37 heavy (non-hydrogen) atoms. The third-order valence-electron chi connectivity index (χ3n) is 6.98. The van der Waals surface area contributed by atoms with E-state index in [1.54, 1.807) is 23.0 Å². The number of pyridine rings is 1. The zero-order chi connectivity index (χ0) is 25.2. The molecule has 1 N–H and O–H groups in total. The van der Waals surface area contributed by atoms with Crippen molar-refractivity contribution in [3.8, 4) is 5.75 Å². The van der Waals surface area contributed by atoms with E-state index < -0.39 is 0 Å². The molecule has 192 valence electrons. The first-order valence-electron chi connectivity index (χ1n) is 12.6. The highest BCUT2D eigenvalue weighted by Crippen LogP contribution is 2.24. The lowest BCUT2D eigenvalue weighted by atomic mass is 10.2. The number of nitrogens with zero attached hydrogens (tertiary/aromatic N) is 6. The van der Waals surface area contributed by atoms with Crippen molar-refractivity contribution >= 4 is 17.5 Å². The van der Waals surface area contributed by atoms with Crippen LogP contribution < -0.4 is 15.0 Å². The molecule has 11 nitrogen and oxygen atoms in total. The molecule has 5 heterocycles. The number of carbonyl (C=O) groups excluding carboxylic acids is 2. The summed E-state index contributed by atoms with van der Waals surface area (Å²) >= 11 is 0. The van der Waals surface area contributed by atoms with Crippen molar-refractivity contribution in [2.75, 3.05) is 31.1 Å². The Kier molecular flexibility index (Phi) is 6.54. The summed E-state index contributed by atoms with van der Waals surface area (Å²) in [4.78, 5) is 33.6. The first-order chi connectivity index (χ1) is 18.1. The van der Waals surface area contributed by atoms with Gasteiger partial charge in [-0.3, -0.25) is 14.5 Å². The fraction of sp³-hybridized carbons (Fsp3) is 0.423. The van der Waals surface area contributed by atoms with E-state index in [1.165, 1.54) is 0 Å². The lowest BCUT2D eigenvalue weighted by Crippen LogP contribution is -2.44. The van der Waals surface area contributed by atoms with Gasteiger partial charge < -0.3 is 19.7 Å². The standard InChI is InChI=1S/C26H29N7O4/c34-24-4-2-10-33(24)20-7-5-18(6-8-20)13-31-15-21-23(16-31)37-17-19-14-32(30-29-19)11-12-36-22-3-1-9-27-25(22)26(35)28-21/h1,3,5-9,14,21,23H,2,4,10-13,15-17H2,(H,28,35)/t21-,23-/m0/s1. The van der Waals surface area contributed by atoms with Crippen LogP contribution >= 0.6 is 0 Å². The molecule has 3 aliphatic rings. The van der Waals surface area contributed by atoms with Crippen molar-refractivity contribution in [2.45, 2.75) is 44.7 Å². The SMILES string of the molecule is O=C1N[C@H]2CN(Cc3ccc(N4CCCC4=O)cc3)C[C@@H]2OCc2cn(nn2)CCOc2cccnc21. The molecule has 3 aromatic rings. The number of rotatable bonds is 3. The van der Waals surface area contributed by atoms with Crippen molar-refractivity contribution in [3.63, 3.8) is 0 Å². The van der Waals surface area contributed by atoms with Crippen molar-refractivity contribution in [1.29, 1.82) is 0 Å². The number of likely N-dealkylation sites (tertiary alicyclic amines) is 1. The van der Waals surface area contributed by atoms with Crippen LogP contribution in [0.1, 0.15) is 34.6 Å². The second kappa shape index (κ2) is 10.3. The summed E-state index contributed by atoms with van der Waals surface area (Å²) < 4.78 is 13.8. The van der Waals surface area contributed by atoms with Gasteiger partial charge in [0.2, 0.25) is 5.91 Å². The van der Waals surface area contributed by atoms with Crippen LogP contribution in [0, 0.1) is 0 Å². The van der Waals surface area contributed by atoms with Crippen molar-refractivity contribution in [2.24, 2.45) is 0 Å². The number of carbonyl (C=O) groups is 2. The van der Waals surface area contributed by atoms with Crippen LogP contribution in [0.2, 0.25) is 0 Å². The molecule has 0 spiro atoms. The maximum atomic E-state index is 13.2. The van der Waals surface area contributed by atoms with E-state index in [9.17, 15) is 9.59 Å². The summed E-state index contributed by atoms with van der Waals surface area (Å²) in [5.41, 5.74) is 3.06. The number of hydrogen-bond donors (Lipinski definition) is 1. The molecule has 6 rings (SSSR count). The number of aromatic nitrogens is 4. The highest BCUT2D eigenvalue weighted by Gasteiger charge is 2.36. The summed E-state index contributed by atoms with van der Waals surface area (Å²) in [6.45, 7) is 3.89. The Hall–Kier alpha value is -3.83. The van der Waals surface area contributed by atoms with E-state index >= 15 is 0 Å². The zero-order valence-electron chi connectivity index (χ0n) is 20.5. The molecular weight excluding hydrogens is 474 g/mol. The van der Waals surface area contributed by atoms with Crippen molar-refractivity contribution < 1.29 is 19.1 Å². The van der Waals surface area contributed by atoms with Gasteiger partial charge in [-0.05, 0) is 36.2 Å². The van der Waals surface area contributed by atoms with Crippen LogP contribution in [-0.2, 0) is 29.2 Å². The average Bonchev–Trinajstić information content (AvgIpc) is 3.63. The zero-order valence-corrected chi connectivity index (χ0v) is 20.5. The van der Waals surface area contributed by atoms with Gasteiger partial charge in [0.05, 0.1) is 31.5 Å². The van der Waals surface area contributed by atoms with Gasteiger partial charge in [-0.15, -0.1) is 5.10 Å². The number of ether oxygens (including phenoxy) is 2. The Labute approximate surface area is 214 Å². The van der Waals surface area contributed by atoms with Gasteiger partial charge >= 0.3 is 0 Å². The van der Waals surface area contributed by atoms with Crippen molar-refractivity contribution in [3.05, 3.63) is 65.7 Å². The predicted octanol–water partition coefficient (Wildman–Crippen LogP) is 1.39. The van der Waals surface area contributed by atoms with Crippen molar-refractivity contribution in [1.82, 2.24) is 30.2 Å². The molecule has 2 atom stereocenters. The smallest absolute Gasteiger partial charge is 0.274 e. The second-order valence-corrected chi connectivity index (χ2v) is 9.61. The molecule has 0 aliphatic carbocycles. The van der Waals surface area contributed by atoms with E-state index in [0.717, 1.165) is 29.9 Å². The summed E-state index contributed by atoms with van der Waals surface area (Å²) in [5, 5.41) is 11.5. The highest BCUT2D eigenvalue weighted by molar-refractivity contribution is 5.95. The van der Waals surface area contributed by atoms with Crippen LogP contribution in [0.5, 0.6) is 5.75 Å². The Morgan fingerprint density at radius 2 is 1.97 bits per heavy atom. The average molecular weight is 504 g/mol. The van der Waals surface area contributed by atoms with Gasteiger partial charge in [0.1, 0.15) is 12.3 Å². The number of benzene rings is 1. The first-order valence-corrected chi connectivity index (χ1v) is 12.6. The number of hydrogen-bond acceptors (Lipinski definition) is 8. The molecule has 1 aromatic carbocycles. The van der Waals surface area contributed by atoms with Crippen LogP contribution in [0.3, 0.4) is 0 Å². The Balaban J connectivity index is 1.18. The van der Waals surface area contributed by atoms with Crippen LogP contribution in [0.25, 0.3) is 0 Å².